The molecule has 0 atom stereocenters. The number of hydrogen-bond donors (Lipinski definition) is 1. The summed E-state index contributed by atoms with van der Waals surface area (Å²) in [6.45, 7) is 1.93. The molecule has 25 heavy (non-hydrogen) atoms. The van der Waals surface area contributed by atoms with E-state index in [2.05, 4.69) is 4.72 Å². The summed E-state index contributed by atoms with van der Waals surface area (Å²) in [6, 6.07) is 4.26. The number of alkyl halides is 3. The van der Waals surface area contributed by atoms with Crippen molar-refractivity contribution in [3.05, 3.63) is 45.8 Å². The van der Waals surface area contributed by atoms with Crippen LogP contribution in [0.15, 0.2) is 29.2 Å². The number of thiophene rings is 1. The first-order valence-corrected chi connectivity index (χ1v) is 10.4. The second-order valence-corrected chi connectivity index (χ2v) is 8.73. The summed E-state index contributed by atoms with van der Waals surface area (Å²) in [4.78, 5) is 0.404. The lowest BCUT2D eigenvalue weighted by atomic mass is 9.95. The summed E-state index contributed by atoms with van der Waals surface area (Å²) >= 11 is 1.35. The molecule has 0 saturated heterocycles. The Hall–Kier alpha value is -1.54. The van der Waals surface area contributed by atoms with Crippen LogP contribution in [0.2, 0.25) is 0 Å². The van der Waals surface area contributed by atoms with E-state index >= 15 is 0 Å². The zero-order valence-corrected chi connectivity index (χ0v) is 15.2. The molecule has 8 heteroatoms. The van der Waals surface area contributed by atoms with Crippen molar-refractivity contribution in [2.45, 2.75) is 50.1 Å². The highest BCUT2D eigenvalue weighted by Gasteiger charge is 2.37. The van der Waals surface area contributed by atoms with E-state index in [-0.39, 0.29) is 0 Å². The number of fused-ring (bicyclic) bond motifs is 1. The fraction of sp³-hybridized carbons (Fsp3) is 0.412. The minimum atomic E-state index is -4.73. The van der Waals surface area contributed by atoms with E-state index in [1.54, 1.807) is 0 Å². The average molecular weight is 389 g/mol. The van der Waals surface area contributed by atoms with E-state index in [1.807, 2.05) is 6.92 Å². The van der Waals surface area contributed by atoms with Crippen molar-refractivity contribution >= 4 is 26.4 Å². The van der Waals surface area contributed by atoms with Gasteiger partial charge in [0.15, 0.2) is 0 Å². The molecular formula is C17H18F3NO2S2. The number of benzene rings is 1. The van der Waals surface area contributed by atoms with E-state index < -0.39 is 26.7 Å². The molecule has 0 unspecified atom stereocenters. The smallest absolute Gasteiger partial charge is 0.270 e. The molecule has 136 valence electrons. The Morgan fingerprint density at radius 2 is 1.84 bits per heavy atom. The van der Waals surface area contributed by atoms with Crippen molar-refractivity contribution in [3.63, 3.8) is 0 Å². The maximum Gasteiger partial charge on any atom is 0.417 e. The Balaban J connectivity index is 2.03. The maximum atomic E-state index is 13.2. The van der Waals surface area contributed by atoms with Gasteiger partial charge in [0.2, 0.25) is 0 Å². The molecule has 0 saturated carbocycles. The van der Waals surface area contributed by atoms with E-state index in [1.165, 1.54) is 29.0 Å². The molecule has 0 bridgehead atoms. The Morgan fingerprint density at radius 1 is 1.16 bits per heavy atom. The molecule has 0 spiro atoms. The third-order valence-corrected chi connectivity index (χ3v) is 7.13. The first-order valence-electron chi connectivity index (χ1n) is 8.06. The Bertz CT molecular complexity index is 886. The van der Waals surface area contributed by atoms with Gasteiger partial charge in [-0.1, -0.05) is 19.1 Å². The van der Waals surface area contributed by atoms with Crippen LogP contribution in [0.1, 0.15) is 41.3 Å². The van der Waals surface area contributed by atoms with Crippen LogP contribution < -0.4 is 4.72 Å². The summed E-state index contributed by atoms with van der Waals surface area (Å²) in [5.41, 5.74) is 0.926. The van der Waals surface area contributed by atoms with Crippen molar-refractivity contribution in [1.82, 2.24) is 0 Å². The summed E-state index contributed by atoms with van der Waals surface area (Å²) in [6.07, 6.45) is -0.179. The lowest BCUT2D eigenvalue weighted by Crippen LogP contribution is -2.19. The van der Waals surface area contributed by atoms with Crippen LogP contribution >= 0.6 is 11.3 Å². The van der Waals surface area contributed by atoms with Crippen LogP contribution in [0.5, 0.6) is 0 Å². The summed E-state index contributed by atoms with van der Waals surface area (Å²) < 4.78 is 67.2. The van der Waals surface area contributed by atoms with Crippen molar-refractivity contribution in [2.24, 2.45) is 0 Å². The highest BCUT2D eigenvalue weighted by atomic mass is 32.2. The normalized spacial score (nSPS) is 15.0. The Morgan fingerprint density at radius 3 is 2.52 bits per heavy atom. The molecule has 1 aliphatic carbocycles. The number of nitrogens with one attached hydrogen (secondary N) is 1. The lowest BCUT2D eigenvalue weighted by Gasteiger charge is -2.14. The number of aryl methyl sites for hydroxylation is 1. The first kappa shape index (κ1) is 18.3. The van der Waals surface area contributed by atoms with Gasteiger partial charge in [0.1, 0.15) is 5.00 Å². The molecule has 0 fully saturated rings. The molecule has 1 aromatic carbocycles. The Labute approximate surface area is 148 Å². The molecule has 0 aliphatic heterocycles. The highest BCUT2D eigenvalue weighted by molar-refractivity contribution is 7.93. The molecule has 0 amide bonds. The van der Waals surface area contributed by atoms with Gasteiger partial charge in [-0.05, 0) is 55.4 Å². The van der Waals surface area contributed by atoms with E-state index in [0.29, 0.717) is 11.4 Å². The number of halogens is 3. The fourth-order valence-electron chi connectivity index (χ4n) is 3.20. The minimum absolute atomic E-state index is 0.450. The van der Waals surface area contributed by atoms with Crippen LogP contribution in [-0.4, -0.2) is 8.42 Å². The Kier molecular flexibility index (Phi) is 4.85. The largest absolute Gasteiger partial charge is 0.417 e. The van der Waals surface area contributed by atoms with Gasteiger partial charge in [0, 0.05) is 4.88 Å². The van der Waals surface area contributed by atoms with Gasteiger partial charge < -0.3 is 0 Å². The van der Waals surface area contributed by atoms with Crippen LogP contribution in [-0.2, 0) is 35.5 Å². The summed E-state index contributed by atoms with van der Waals surface area (Å²) in [5, 5.41) is 0.450. The van der Waals surface area contributed by atoms with E-state index in [4.69, 9.17) is 0 Å². The SMILES string of the molecule is CCc1c(NS(=O)(=O)c2ccccc2C(F)(F)F)sc2c1CCCC2. The molecule has 1 aromatic heterocycles. The average Bonchev–Trinajstić information content (AvgIpc) is 2.90. The van der Waals surface area contributed by atoms with Gasteiger partial charge >= 0.3 is 6.18 Å². The first-order chi connectivity index (χ1) is 11.7. The lowest BCUT2D eigenvalue weighted by molar-refractivity contribution is -0.139. The molecule has 2 aromatic rings. The van der Waals surface area contributed by atoms with Gasteiger partial charge in [-0.15, -0.1) is 11.3 Å². The number of hydrogen-bond acceptors (Lipinski definition) is 3. The zero-order valence-electron chi connectivity index (χ0n) is 13.6. The third kappa shape index (κ3) is 3.55. The summed E-state index contributed by atoms with van der Waals surface area (Å²) in [7, 11) is -4.32. The van der Waals surface area contributed by atoms with Gasteiger partial charge in [-0.25, -0.2) is 8.42 Å². The topological polar surface area (TPSA) is 46.2 Å². The second-order valence-electron chi connectivity index (χ2n) is 5.97. The molecule has 1 aliphatic rings. The highest BCUT2D eigenvalue weighted by Crippen LogP contribution is 2.40. The number of sulfonamides is 1. The minimum Gasteiger partial charge on any atom is -0.270 e. The molecule has 3 rings (SSSR count). The van der Waals surface area contributed by atoms with Gasteiger partial charge in [0.25, 0.3) is 10.0 Å². The third-order valence-electron chi connectivity index (χ3n) is 4.34. The number of anilines is 1. The molecule has 0 radical (unpaired) electrons. The maximum absolute atomic E-state index is 13.2. The van der Waals surface area contributed by atoms with Crippen LogP contribution in [0, 0.1) is 0 Å². The predicted octanol–water partition coefficient (Wildman–Crippen LogP) is 5.01. The summed E-state index contributed by atoms with van der Waals surface area (Å²) in [5.74, 6) is 0. The standard InChI is InChI=1S/C17H18F3NO2S2/c1-2-11-12-7-3-5-9-14(12)24-16(11)21-25(22,23)15-10-6-4-8-13(15)17(18,19)20/h4,6,8,10,21H,2-3,5,7,9H2,1H3. The molecule has 3 nitrogen and oxygen atoms in total. The quantitative estimate of drug-likeness (QED) is 0.799. The van der Waals surface area contributed by atoms with Crippen molar-refractivity contribution < 1.29 is 21.6 Å². The molecular weight excluding hydrogens is 371 g/mol. The van der Waals surface area contributed by atoms with Gasteiger partial charge in [0.05, 0.1) is 10.5 Å². The zero-order chi connectivity index (χ0) is 18.2. The van der Waals surface area contributed by atoms with E-state index in [9.17, 15) is 21.6 Å². The van der Waals surface area contributed by atoms with Crippen molar-refractivity contribution in [1.29, 1.82) is 0 Å². The fourth-order valence-corrected chi connectivity index (χ4v) is 6.14. The second kappa shape index (κ2) is 6.64. The predicted molar refractivity (Wildman–Crippen MR) is 92.6 cm³/mol. The van der Waals surface area contributed by atoms with Crippen LogP contribution in [0.25, 0.3) is 0 Å². The van der Waals surface area contributed by atoms with E-state index in [0.717, 1.165) is 48.3 Å². The van der Waals surface area contributed by atoms with Crippen LogP contribution in [0.3, 0.4) is 0 Å². The van der Waals surface area contributed by atoms with Crippen molar-refractivity contribution in [3.8, 4) is 0 Å². The molecule has 1 N–H and O–H groups in total. The number of rotatable bonds is 4. The van der Waals surface area contributed by atoms with Crippen LogP contribution in [0.4, 0.5) is 18.2 Å². The van der Waals surface area contributed by atoms with Gasteiger partial charge in [-0.3, -0.25) is 4.72 Å². The molecule has 1 heterocycles. The monoisotopic (exact) mass is 389 g/mol. The van der Waals surface area contributed by atoms with Crippen molar-refractivity contribution in [2.75, 3.05) is 4.72 Å². The van der Waals surface area contributed by atoms with Gasteiger partial charge in [-0.2, -0.15) is 13.2 Å².